The van der Waals surface area contributed by atoms with E-state index in [2.05, 4.69) is 10.3 Å². The Kier molecular flexibility index (Phi) is 5.22. The minimum Gasteiger partial charge on any atom is -0.324 e. The van der Waals surface area contributed by atoms with Crippen molar-refractivity contribution in [1.29, 1.82) is 0 Å². The van der Waals surface area contributed by atoms with Crippen molar-refractivity contribution in [3.63, 3.8) is 0 Å². The third-order valence-corrected chi connectivity index (χ3v) is 5.99. The zero-order chi connectivity index (χ0) is 20.5. The SMILES string of the molecule is Cc1ccc(Cl)cc1NC(=O)Cn1c(C)nc2sc(-c3ccccc3)cc2c1=O. The van der Waals surface area contributed by atoms with Gasteiger partial charge in [-0.2, -0.15) is 0 Å². The van der Waals surface area contributed by atoms with Gasteiger partial charge in [0.2, 0.25) is 5.91 Å². The largest absolute Gasteiger partial charge is 0.324 e. The molecule has 2 aromatic heterocycles. The number of anilines is 1. The van der Waals surface area contributed by atoms with E-state index in [-0.39, 0.29) is 18.0 Å². The molecule has 0 aliphatic heterocycles. The summed E-state index contributed by atoms with van der Waals surface area (Å²) in [4.78, 5) is 31.8. The molecule has 29 heavy (non-hydrogen) atoms. The number of aromatic nitrogens is 2. The Balaban J connectivity index is 1.66. The number of thiophene rings is 1. The minimum absolute atomic E-state index is 0.115. The van der Waals surface area contributed by atoms with Crippen LogP contribution in [0.1, 0.15) is 11.4 Å². The van der Waals surface area contributed by atoms with Gasteiger partial charge < -0.3 is 5.32 Å². The monoisotopic (exact) mass is 423 g/mol. The standard InChI is InChI=1S/C22H18ClN3O2S/c1-13-8-9-16(23)10-18(13)25-20(27)12-26-14(2)24-21-17(22(26)28)11-19(29-21)15-6-4-3-5-7-15/h3-11H,12H2,1-2H3,(H,25,27). The minimum atomic E-state index is -0.305. The van der Waals surface area contributed by atoms with Gasteiger partial charge in [0.05, 0.1) is 5.39 Å². The van der Waals surface area contributed by atoms with Crippen molar-refractivity contribution in [2.24, 2.45) is 0 Å². The number of rotatable bonds is 4. The summed E-state index contributed by atoms with van der Waals surface area (Å²) in [5, 5.41) is 3.88. The lowest BCUT2D eigenvalue weighted by Gasteiger charge is -2.11. The van der Waals surface area contributed by atoms with E-state index in [1.54, 1.807) is 19.1 Å². The van der Waals surface area contributed by atoms with Crippen LogP contribution in [-0.2, 0) is 11.3 Å². The summed E-state index contributed by atoms with van der Waals surface area (Å²) in [6.07, 6.45) is 0. The molecule has 2 aromatic carbocycles. The number of hydrogen-bond acceptors (Lipinski definition) is 4. The molecule has 4 rings (SSSR count). The van der Waals surface area contributed by atoms with Gasteiger partial charge in [-0.25, -0.2) is 4.98 Å². The first-order valence-corrected chi connectivity index (χ1v) is 10.2. The summed E-state index contributed by atoms with van der Waals surface area (Å²) in [7, 11) is 0. The molecule has 1 amide bonds. The predicted molar refractivity (Wildman–Crippen MR) is 119 cm³/mol. The maximum absolute atomic E-state index is 13.0. The van der Waals surface area contributed by atoms with Gasteiger partial charge in [0.15, 0.2) is 0 Å². The molecule has 5 nitrogen and oxygen atoms in total. The van der Waals surface area contributed by atoms with Crippen LogP contribution in [0.15, 0.2) is 59.4 Å². The Labute approximate surface area is 176 Å². The van der Waals surface area contributed by atoms with Gasteiger partial charge in [-0.1, -0.05) is 48.0 Å². The number of aryl methyl sites for hydroxylation is 2. The molecule has 146 valence electrons. The first kappa shape index (κ1) is 19.4. The summed E-state index contributed by atoms with van der Waals surface area (Å²) < 4.78 is 1.40. The van der Waals surface area contributed by atoms with Crippen molar-refractivity contribution in [3.05, 3.63) is 81.4 Å². The van der Waals surface area contributed by atoms with Gasteiger partial charge >= 0.3 is 0 Å². The van der Waals surface area contributed by atoms with Crippen molar-refractivity contribution >= 4 is 44.7 Å². The first-order valence-electron chi connectivity index (χ1n) is 9.05. The Bertz CT molecular complexity index is 1280. The smallest absolute Gasteiger partial charge is 0.262 e. The van der Waals surface area contributed by atoms with Crippen molar-refractivity contribution in [2.75, 3.05) is 5.32 Å². The van der Waals surface area contributed by atoms with Gasteiger partial charge in [0.25, 0.3) is 5.56 Å². The highest BCUT2D eigenvalue weighted by molar-refractivity contribution is 7.21. The number of fused-ring (bicyclic) bond motifs is 1. The van der Waals surface area contributed by atoms with Crippen LogP contribution in [-0.4, -0.2) is 15.5 Å². The van der Waals surface area contributed by atoms with Crippen LogP contribution >= 0.6 is 22.9 Å². The van der Waals surface area contributed by atoms with Gasteiger partial charge in [0, 0.05) is 15.6 Å². The Morgan fingerprint density at radius 3 is 2.66 bits per heavy atom. The second-order valence-electron chi connectivity index (χ2n) is 6.75. The van der Waals surface area contributed by atoms with Crippen LogP contribution in [0.2, 0.25) is 5.02 Å². The van der Waals surface area contributed by atoms with Crippen molar-refractivity contribution in [3.8, 4) is 10.4 Å². The summed E-state index contributed by atoms with van der Waals surface area (Å²) in [6.45, 7) is 3.50. The van der Waals surface area contributed by atoms with Crippen molar-refractivity contribution in [1.82, 2.24) is 9.55 Å². The maximum Gasteiger partial charge on any atom is 0.262 e. The van der Waals surface area contributed by atoms with Crippen LogP contribution in [0.5, 0.6) is 0 Å². The second kappa shape index (κ2) is 7.81. The normalized spacial score (nSPS) is 11.0. The third kappa shape index (κ3) is 3.95. The van der Waals surface area contributed by atoms with Gasteiger partial charge in [-0.15, -0.1) is 11.3 Å². The Morgan fingerprint density at radius 2 is 1.90 bits per heavy atom. The predicted octanol–water partition coefficient (Wildman–Crippen LogP) is 5.03. The zero-order valence-corrected chi connectivity index (χ0v) is 17.5. The fraction of sp³-hybridized carbons (Fsp3) is 0.136. The molecule has 0 unspecified atom stereocenters. The lowest BCUT2D eigenvalue weighted by Crippen LogP contribution is -2.30. The van der Waals surface area contributed by atoms with E-state index in [1.165, 1.54) is 15.9 Å². The molecule has 4 aromatic rings. The number of amides is 1. The maximum atomic E-state index is 13.0. The third-order valence-electron chi connectivity index (χ3n) is 4.68. The molecule has 0 aliphatic rings. The molecule has 0 saturated carbocycles. The van der Waals surface area contributed by atoms with Gasteiger partial charge in [0.1, 0.15) is 17.2 Å². The number of benzene rings is 2. The van der Waals surface area contributed by atoms with E-state index >= 15 is 0 Å². The molecule has 2 heterocycles. The van der Waals surface area contributed by atoms with Gasteiger partial charge in [-0.05, 0) is 43.2 Å². The quantitative estimate of drug-likeness (QED) is 0.500. The van der Waals surface area contributed by atoms with E-state index in [4.69, 9.17) is 11.6 Å². The summed E-state index contributed by atoms with van der Waals surface area (Å²) in [5.41, 5.74) is 2.34. The number of halogens is 1. The molecule has 0 fully saturated rings. The lowest BCUT2D eigenvalue weighted by molar-refractivity contribution is -0.116. The van der Waals surface area contributed by atoms with E-state index < -0.39 is 0 Å². The average molecular weight is 424 g/mol. The highest BCUT2D eigenvalue weighted by atomic mass is 35.5. The number of carbonyl (C=O) groups excluding carboxylic acids is 1. The number of carbonyl (C=O) groups is 1. The number of hydrogen-bond donors (Lipinski definition) is 1. The Morgan fingerprint density at radius 1 is 1.14 bits per heavy atom. The summed E-state index contributed by atoms with van der Waals surface area (Å²) in [5.74, 6) is 0.196. The summed E-state index contributed by atoms with van der Waals surface area (Å²) >= 11 is 7.49. The first-order chi connectivity index (χ1) is 13.9. The van der Waals surface area contributed by atoms with Crippen LogP contribution in [0.3, 0.4) is 0 Å². The van der Waals surface area contributed by atoms with Gasteiger partial charge in [-0.3, -0.25) is 14.2 Å². The molecule has 0 saturated heterocycles. The van der Waals surface area contributed by atoms with E-state index in [9.17, 15) is 9.59 Å². The molecule has 0 aliphatic carbocycles. The fourth-order valence-corrected chi connectivity index (χ4v) is 4.36. The molecule has 7 heteroatoms. The molecule has 0 atom stereocenters. The van der Waals surface area contributed by atoms with Crippen molar-refractivity contribution in [2.45, 2.75) is 20.4 Å². The van der Waals surface area contributed by atoms with Crippen molar-refractivity contribution < 1.29 is 4.79 Å². The fourth-order valence-electron chi connectivity index (χ4n) is 3.11. The summed E-state index contributed by atoms with van der Waals surface area (Å²) in [6, 6.07) is 17.0. The molecule has 1 N–H and O–H groups in total. The second-order valence-corrected chi connectivity index (χ2v) is 8.22. The molecule has 0 spiro atoms. The van der Waals surface area contributed by atoms with E-state index in [0.717, 1.165) is 16.0 Å². The molecular formula is C22H18ClN3O2S. The molecular weight excluding hydrogens is 406 g/mol. The molecule has 0 bridgehead atoms. The topological polar surface area (TPSA) is 64.0 Å². The zero-order valence-electron chi connectivity index (χ0n) is 15.9. The number of nitrogens with zero attached hydrogens (tertiary/aromatic N) is 2. The highest BCUT2D eigenvalue weighted by Gasteiger charge is 2.15. The van der Waals surface area contributed by atoms with E-state index in [0.29, 0.717) is 26.8 Å². The van der Waals surface area contributed by atoms with Crippen LogP contribution in [0.25, 0.3) is 20.7 Å². The Hall–Kier alpha value is -2.96. The van der Waals surface area contributed by atoms with Crippen LogP contribution in [0, 0.1) is 13.8 Å². The lowest BCUT2D eigenvalue weighted by atomic mass is 10.2. The number of nitrogens with one attached hydrogen (secondary N) is 1. The highest BCUT2D eigenvalue weighted by Crippen LogP contribution is 2.31. The van der Waals surface area contributed by atoms with Crippen LogP contribution in [0.4, 0.5) is 5.69 Å². The molecule has 0 radical (unpaired) electrons. The average Bonchev–Trinajstić information content (AvgIpc) is 3.13. The van der Waals surface area contributed by atoms with E-state index in [1.807, 2.05) is 49.4 Å². The van der Waals surface area contributed by atoms with Crippen LogP contribution < -0.4 is 10.9 Å².